The zero-order chi connectivity index (χ0) is 27.6. The summed E-state index contributed by atoms with van der Waals surface area (Å²) in [6, 6.07) is 19.9. The lowest BCUT2D eigenvalue weighted by molar-refractivity contribution is -0.122. The highest BCUT2D eigenvalue weighted by molar-refractivity contribution is 7.89. The predicted molar refractivity (Wildman–Crippen MR) is 146 cm³/mol. The van der Waals surface area contributed by atoms with Gasteiger partial charge in [-0.05, 0) is 60.4 Å². The molecule has 9 heteroatoms. The number of nitrogens with one attached hydrogen (secondary N) is 1. The van der Waals surface area contributed by atoms with Crippen molar-refractivity contribution in [1.29, 1.82) is 0 Å². The lowest BCUT2D eigenvalue weighted by Crippen LogP contribution is -2.46. The van der Waals surface area contributed by atoms with Gasteiger partial charge < -0.3 is 5.32 Å². The molecule has 38 heavy (non-hydrogen) atoms. The molecule has 8 nitrogen and oxygen atoms in total. The maximum absolute atomic E-state index is 14.0. The second kappa shape index (κ2) is 10.9. The maximum atomic E-state index is 14.0. The molecule has 3 aromatic carbocycles. The number of hydrogen-bond acceptors (Lipinski definition) is 5. The van der Waals surface area contributed by atoms with Gasteiger partial charge in [0.1, 0.15) is 6.04 Å². The molecule has 1 fully saturated rings. The Bertz CT molecular complexity index is 1440. The second-order valence-corrected chi connectivity index (χ2v) is 11.5. The van der Waals surface area contributed by atoms with Gasteiger partial charge in [-0.3, -0.25) is 14.4 Å². The van der Waals surface area contributed by atoms with Gasteiger partial charge in [-0.15, -0.1) is 0 Å². The molecule has 0 aliphatic carbocycles. The molecule has 3 amide bonds. The lowest BCUT2D eigenvalue weighted by atomic mass is 10.0. The summed E-state index contributed by atoms with van der Waals surface area (Å²) in [4.78, 5) is 39.3. The van der Waals surface area contributed by atoms with E-state index in [0.717, 1.165) is 14.8 Å². The smallest absolute Gasteiger partial charge is 0.252 e. The zero-order valence-electron chi connectivity index (χ0n) is 21.8. The van der Waals surface area contributed by atoms with E-state index in [-0.39, 0.29) is 23.1 Å². The van der Waals surface area contributed by atoms with Gasteiger partial charge in [0.2, 0.25) is 21.8 Å². The van der Waals surface area contributed by atoms with Crippen LogP contribution in [0, 0.1) is 0 Å². The average molecular weight is 534 g/mol. The van der Waals surface area contributed by atoms with Crippen molar-refractivity contribution in [2.75, 3.05) is 10.2 Å². The monoisotopic (exact) mass is 533 g/mol. The highest BCUT2D eigenvalue weighted by Crippen LogP contribution is 2.36. The minimum atomic E-state index is -4.24. The number of anilines is 2. The number of carbonyl (C=O) groups is 3. The van der Waals surface area contributed by atoms with Crippen LogP contribution in [0.15, 0.2) is 83.8 Å². The van der Waals surface area contributed by atoms with Crippen molar-refractivity contribution in [3.05, 3.63) is 90.0 Å². The number of benzene rings is 3. The normalized spacial score (nSPS) is 16.8. The highest BCUT2D eigenvalue weighted by Gasteiger charge is 2.49. The van der Waals surface area contributed by atoms with Gasteiger partial charge in [-0.1, -0.05) is 56.3 Å². The van der Waals surface area contributed by atoms with Gasteiger partial charge >= 0.3 is 0 Å². The van der Waals surface area contributed by atoms with Gasteiger partial charge in [-0.25, -0.2) is 13.3 Å². The Kier molecular flexibility index (Phi) is 7.80. The zero-order valence-corrected chi connectivity index (χ0v) is 22.6. The van der Waals surface area contributed by atoms with Gasteiger partial charge in [-0.2, -0.15) is 4.31 Å². The van der Waals surface area contributed by atoms with E-state index < -0.39 is 33.9 Å². The Hall–Kier alpha value is -3.82. The first kappa shape index (κ1) is 27.2. The number of imide groups is 1. The third kappa shape index (κ3) is 5.39. The van der Waals surface area contributed by atoms with E-state index in [2.05, 4.69) is 5.32 Å². The van der Waals surface area contributed by atoms with E-state index >= 15 is 0 Å². The summed E-state index contributed by atoms with van der Waals surface area (Å²) in [5.74, 6) is -1.05. The molecule has 1 N–H and O–H groups in total. The summed E-state index contributed by atoms with van der Waals surface area (Å²) in [7, 11) is -4.24. The summed E-state index contributed by atoms with van der Waals surface area (Å²) in [5, 5.41) is 2.61. The van der Waals surface area contributed by atoms with Crippen LogP contribution in [0.25, 0.3) is 0 Å². The molecule has 2 unspecified atom stereocenters. The molecule has 4 rings (SSSR count). The number of nitrogens with zero attached hydrogens (tertiary/aromatic N) is 2. The van der Waals surface area contributed by atoms with Crippen molar-refractivity contribution >= 4 is 39.1 Å². The Labute approximate surface area is 223 Å². The number of sulfonamides is 1. The van der Waals surface area contributed by atoms with Gasteiger partial charge in [0, 0.05) is 18.7 Å². The first-order valence-electron chi connectivity index (χ1n) is 12.4. The highest BCUT2D eigenvalue weighted by atomic mass is 32.2. The summed E-state index contributed by atoms with van der Waals surface area (Å²) in [6.45, 7) is 7.16. The van der Waals surface area contributed by atoms with Crippen LogP contribution in [0.3, 0.4) is 0 Å². The van der Waals surface area contributed by atoms with E-state index in [4.69, 9.17) is 0 Å². The van der Waals surface area contributed by atoms with Crippen molar-refractivity contribution in [3.8, 4) is 0 Å². The van der Waals surface area contributed by atoms with Crippen LogP contribution in [0.1, 0.15) is 57.2 Å². The van der Waals surface area contributed by atoms with Crippen LogP contribution in [0.5, 0.6) is 0 Å². The fourth-order valence-electron chi connectivity index (χ4n) is 4.65. The van der Waals surface area contributed by atoms with Crippen LogP contribution in [-0.2, 0) is 24.4 Å². The minimum Gasteiger partial charge on any atom is -0.326 e. The molecule has 1 saturated heterocycles. The standard InChI is InChI=1S/C29H31N3O5S/c1-19(2)22-10-14-25(15-11-22)31-28(34)18-27(29(31)35)32(20(3)23-8-6-5-7-9-23)38(36,37)26-16-12-24(13-17-26)30-21(4)33/h5-17,19-20,27H,18H2,1-4H3,(H,30,33). The van der Waals surface area contributed by atoms with Crippen LogP contribution in [0.2, 0.25) is 0 Å². The molecular weight excluding hydrogens is 502 g/mol. The molecule has 0 bridgehead atoms. The Balaban J connectivity index is 1.74. The number of amides is 3. The van der Waals surface area contributed by atoms with E-state index in [1.807, 2.05) is 32.0 Å². The molecule has 0 saturated carbocycles. The van der Waals surface area contributed by atoms with E-state index in [9.17, 15) is 22.8 Å². The van der Waals surface area contributed by atoms with E-state index in [1.165, 1.54) is 31.2 Å². The fourth-order valence-corrected chi connectivity index (χ4v) is 6.41. The van der Waals surface area contributed by atoms with E-state index in [0.29, 0.717) is 16.9 Å². The quantitative estimate of drug-likeness (QED) is 0.417. The fraction of sp³-hybridized carbons (Fsp3) is 0.276. The minimum absolute atomic E-state index is 0.0469. The van der Waals surface area contributed by atoms with E-state index in [1.54, 1.807) is 43.3 Å². The molecule has 198 valence electrons. The molecule has 0 radical (unpaired) electrons. The molecule has 1 aliphatic heterocycles. The molecular formula is C29H31N3O5S. The van der Waals surface area contributed by atoms with Crippen molar-refractivity contribution in [2.45, 2.75) is 57.0 Å². The second-order valence-electron chi connectivity index (χ2n) is 9.66. The third-order valence-electron chi connectivity index (χ3n) is 6.66. The van der Waals surface area contributed by atoms with Crippen molar-refractivity contribution in [3.63, 3.8) is 0 Å². The summed E-state index contributed by atoms with van der Waals surface area (Å²) in [5.41, 5.74) is 2.61. The lowest BCUT2D eigenvalue weighted by Gasteiger charge is -2.32. The van der Waals surface area contributed by atoms with Crippen molar-refractivity contribution in [1.82, 2.24) is 4.31 Å². The third-order valence-corrected chi connectivity index (χ3v) is 8.66. The summed E-state index contributed by atoms with van der Waals surface area (Å²) in [6.07, 6.45) is -0.273. The van der Waals surface area contributed by atoms with Crippen molar-refractivity contribution in [2.24, 2.45) is 0 Å². The van der Waals surface area contributed by atoms with Crippen molar-refractivity contribution < 1.29 is 22.8 Å². The van der Waals surface area contributed by atoms with Gasteiger partial charge in [0.15, 0.2) is 0 Å². The Morgan fingerprint density at radius 3 is 2.05 bits per heavy atom. The number of carbonyl (C=O) groups excluding carboxylic acids is 3. The van der Waals surface area contributed by atoms with Gasteiger partial charge in [0.25, 0.3) is 5.91 Å². The SMILES string of the molecule is CC(=O)Nc1ccc(S(=O)(=O)N(C2CC(=O)N(c3ccc(C(C)C)cc3)C2=O)C(C)c2ccccc2)cc1. The first-order valence-corrected chi connectivity index (χ1v) is 13.9. The summed E-state index contributed by atoms with van der Waals surface area (Å²) < 4.78 is 29.2. The van der Waals surface area contributed by atoms with Crippen LogP contribution < -0.4 is 10.2 Å². The Morgan fingerprint density at radius 1 is 0.895 bits per heavy atom. The Morgan fingerprint density at radius 2 is 1.50 bits per heavy atom. The molecule has 1 aliphatic rings. The topological polar surface area (TPSA) is 104 Å². The molecule has 1 heterocycles. The van der Waals surface area contributed by atoms with Gasteiger partial charge in [0.05, 0.1) is 17.0 Å². The molecule has 2 atom stereocenters. The number of rotatable bonds is 8. The first-order chi connectivity index (χ1) is 18.0. The molecule has 0 aromatic heterocycles. The summed E-state index contributed by atoms with van der Waals surface area (Å²) >= 11 is 0. The van der Waals surface area contributed by atoms with Crippen LogP contribution in [0.4, 0.5) is 11.4 Å². The van der Waals surface area contributed by atoms with Crippen LogP contribution >= 0.6 is 0 Å². The number of hydrogen-bond donors (Lipinski definition) is 1. The molecule has 0 spiro atoms. The predicted octanol–water partition coefficient (Wildman–Crippen LogP) is 4.85. The average Bonchev–Trinajstić information content (AvgIpc) is 3.17. The maximum Gasteiger partial charge on any atom is 0.252 e. The van der Waals surface area contributed by atoms with Crippen LogP contribution in [-0.4, -0.2) is 36.5 Å². The molecule has 3 aromatic rings. The largest absolute Gasteiger partial charge is 0.326 e.